The zero-order chi connectivity index (χ0) is 22.7. The van der Waals surface area contributed by atoms with Crippen molar-refractivity contribution >= 4 is 17.5 Å². The van der Waals surface area contributed by atoms with Gasteiger partial charge in [-0.15, -0.1) is 5.10 Å². The zero-order valence-electron chi connectivity index (χ0n) is 20.3. The van der Waals surface area contributed by atoms with Crippen LogP contribution in [0.4, 0.5) is 5.82 Å². The predicted octanol–water partition coefficient (Wildman–Crippen LogP) is 5.10. The fourth-order valence-electron chi connectivity index (χ4n) is 8.86. The third-order valence-electron chi connectivity index (χ3n) is 10.5. The van der Waals surface area contributed by atoms with Crippen LogP contribution in [0.2, 0.25) is 0 Å². The molecule has 6 nitrogen and oxygen atoms in total. The zero-order valence-corrected chi connectivity index (χ0v) is 20.3. The van der Waals surface area contributed by atoms with Crippen molar-refractivity contribution in [3.05, 3.63) is 6.20 Å². The fourth-order valence-corrected chi connectivity index (χ4v) is 8.86. The van der Waals surface area contributed by atoms with Gasteiger partial charge in [0.15, 0.2) is 11.6 Å². The highest BCUT2D eigenvalue weighted by molar-refractivity contribution is 5.87. The summed E-state index contributed by atoms with van der Waals surface area (Å²) >= 11 is 0. The number of amides is 1. The highest BCUT2D eigenvalue weighted by atomic mass is 16.1. The lowest BCUT2D eigenvalue weighted by molar-refractivity contribution is -0.137. The molecule has 1 N–H and O–H groups in total. The number of Topliss-reactive ketones (excluding diaryl/α,β-unsaturated/α-hetero) is 1. The second kappa shape index (κ2) is 7.95. The predicted molar refractivity (Wildman–Crippen MR) is 124 cm³/mol. The molecule has 176 valence electrons. The van der Waals surface area contributed by atoms with Crippen molar-refractivity contribution in [2.24, 2.45) is 46.3 Å². The third kappa shape index (κ3) is 3.52. The summed E-state index contributed by atoms with van der Waals surface area (Å²) in [5.74, 6) is 4.77. The van der Waals surface area contributed by atoms with Crippen molar-refractivity contribution in [3.63, 3.8) is 0 Å². The molecule has 8 atom stereocenters. The van der Waals surface area contributed by atoms with Gasteiger partial charge >= 0.3 is 0 Å². The molecule has 4 saturated carbocycles. The number of rotatable bonds is 4. The summed E-state index contributed by atoms with van der Waals surface area (Å²) in [6.45, 7) is 9.14. The summed E-state index contributed by atoms with van der Waals surface area (Å²) in [6, 6.07) is 0. The molecule has 1 aromatic rings. The number of nitrogens with one attached hydrogen (secondary N) is 1. The summed E-state index contributed by atoms with van der Waals surface area (Å²) in [5, 5.41) is 11.1. The summed E-state index contributed by atoms with van der Waals surface area (Å²) in [7, 11) is 0. The van der Waals surface area contributed by atoms with Gasteiger partial charge in [-0.25, -0.2) is 0 Å². The maximum Gasteiger partial charge on any atom is 0.222 e. The lowest BCUT2D eigenvalue weighted by atomic mass is 9.44. The number of aromatic nitrogens is 3. The molecular weight excluding hydrogens is 400 g/mol. The van der Waals surface area contributed by atoms with Crippen LogP contribution in [0.1, 0.15) is 85.5 Å². The topological polar surface area (TPSA) is 76.9 Å². The van der Waals surface area contributed by atoms with Crippen LogP contribution >= 0.6 is 0 Å². The van der Waals surface area contributed by atoms with E-state index in [-0.39, 0.29) is 29.6 Å². The highest BCUT2D eigenvalue weighted by Gasteiger charge is 2.60. The van der Waals surface area contributed by atoms with E-state index in [2.05, 4.69) is 36.3 Å². The SMILES string of the molecule is CC(=O)Nc1cnn(CC(=O)C2CCC3C4CCC5CC(C)CCC5(C)C4CCC23C)n1. The molecule has 5 rings (SSSR count). The standard InChI is InChI=1S/C26H40N4O2/c1-16-9-11-25(3)18(13-16)5-6-19-20-7-8-22(26(20,4)12-10-21(19)25)23(32)15-30-27-14-24(29-30)28-17(2)31/h14,16,18-22H,5-13,15H2,1-4H3,(H,28,29,31). The molecule has 0 spiro atoms. The van der Waals surface area contributed by atoms with E-state index < -0.39 is 0 Å². The van der Waals surface area contributed by atoms with Crippen LogP contribution in [0.5, 0.6) is 0 Å². The van der Waals surface area contributed by atoms with Gasteiger partial charge in [-0.2, -0.15) is 9.90 Å². The van der Waals surface area contributed by atoms with E-state index in [1.54, 1.807) is 0 Å². The molecular formula is C26H40N4O2. The Kier molecular flexibility index (Phi) is 5.49. The average molecular weight is 441 g/mol. The first kappa shape index (κ1) is 22.1. The molecule has 1 aromatic heterocycles. The Labute approximate surface area is 192 Å². The summed E-state index contributed by atoms with van der Waals surface area (Å²) < 4.78 is 0. The van der Waals surface area contributed by atoms with E-state index >= 15 is 0 Å². The molecule has 6 heteroatoms. The van der Waals surface area contributed by atoms with Gasteiger partial charge in [-0.05, 0) is 91.8 Å². The van der Waals surface area contributed by atoms with Gasteiger partial charge in [0.2, 0.25) is 5.91 Å². The van der Waals surface area contributed by atoms with Crippen LogP contribution in [0.15, 0.2) is 6.20 Å². The van der Waals surface area contributed by atoms with Gasteiger partial charge < -0.3 is 5.32 Å². The number of ketones is 1. The maximum absolute atomic E-state index is 13.4. The van der Waals surface area contributed by atoms with Gasteiger partial charge in [-0.1, -0.05) is 27.2 Å². The van der Waals surface area contributed by atoms with Crippen molar-refractivity contribution in [1.82, 2.24) is 15.0 Å². The van der Waals surface area contributed by atoms with Gasteiger partial charge in [0, 0.05) is 12.8 Å². The van der Waals surface area contributed by atoms with E-state index in [4.69, 9.17) is 0 Å². The van der Waals surface area contributed by atoms with E-state index in [1.165, 1.54) is 69.3 Å². The fraction of sp³-hybridized carbons (Fsp3) is 0.846. The first-order valence-electron chi connectivity index (χ1n) is 12.9. The second-order valence-corrected chi connectivity index (χ2v) is 12.1. The normalized spacial score (nSPS) is 43.1. The first-order valence-corrected chi connectivity index (χ1v) is 12.9. The molecule has 1 amide bonds. The summed E-state index contributed by atoms with van der Waals surface area (Å²) in [5.41, 5.74) is 0.648. The largest absolute Gasteiger partial charge is 0.308 e. The third-order valence-corrected chi connectivity index (χ3v) is 10.5. The van der Waals surface area contributed by atoms with Gasteiger partial charge in [0.25, 0.3) is 0 Å². The number of anilines is 1. The number of hydrogen-bond donors (Lipinski definition) is 1. The Morgan fingerprint density at radius 1 is 1.06 bits per heavy atom. The molecule has 0 aliphatic heterocycles. The number of nitrogens with zero attached hydrogens (tertiary/aromatic N) is 3. The molecule has 0 aromatic carbocycles. The molecule has 4 fully saturated rings. The summed E-state index contributed by atoms with van der Waals surface area (Å²) in [6.07, 6.45) is 13.2. The number of carbonyl (C=O) groups is 2. The molecule has 4 aliphatic carbocycles. The minimum atomic E-state index is -0.179. The van der Waals surface area contributed by atoms with Crippen molar-refractivity contribution in [2.45, 2.75) is 92.0 Å². The van der Waals surface area contributed by atoms with Gasteiger partial charge in [0.1, 0.15) is 6.54 Å². The molecule has 32 heavy (non-hydrogen) atoms. The second-order valence-electron chi connectivity index (χ2n) is 12.1. The smallest absolute Gasteiger partial charge is 0.222 e. The highest BCUT2D eigenvalue weighted by Crippen LogP contribution is 2.67. The Morgan fingerprint density at radius 2 is 1.81 bits per heavy atom. The van der Waals surface area contributed by atoms with Crippen LogP contribution in [-0.2, 0) is 16.1 Å². The monoisotopic (exact) mass is 440 g/mol. The maximum atomic E-state index is 13.4. The van der Waals surface area contributed by atoms with Crippen molar-refractivity contribution in [2.75, 3.05) is 5.32 Å². The van der Waals surface area contributed by atoms with Crippen LogP contribution in [0, 0.1) is 46.3 Å². The first-order chi connectivity index (χ1) is 15.2. The molecule has 0 radical (unpaired) electrons. The van der Waals surface area contributed by atoms with Crippen LogP contribution in [0.25, 0.3) is 0 Å². The molecule has 1 heterocycles. The Morgan fingerprint density at radius 3 is 2.59 bits per heavy atom. The number of carbonyl (C=O) groups excluding carboxylic acids is 2. The van der Waals surface area contributed by atoms with Crippen molar-refractivity contribution < 1.29 is 9.59 Å². The molecule has 8 unspecified atom stereocenters. The van der Waals surface area contributed by atoms with Crippen LogP contribution in [0.3, 0.4) is 0 Å². The molecule has 4 aliphatic rings. The lowest BCUT2D eigenvalue weighted by Gasteiger charge is -2.61. The van der Waals surface area contributed by atoms with Crippen LogP contribution < -0.4 is 5.32 Å². The van der Waals surface area contributed by atoms with E-state index in [1.807, 2.05) is 0 Å². The molecule has 0 saturated heterocycles. The lowest BCUT2D eigenvalue weighted by Crippen LogP contribution is -2.53. The quantitative estimate of drug-likeness (QED) is 0.706. The minimum Gasteiger partial charge on any atom is -0.308 e. The Bertz CT molecular complexity index is 896. The van der Waals surface area contributed by atoms with Crippen LogP contribution in [-0.4, -0.2) is 26.7 Å². The number of fused-ring (bicyclic) bond motifs is 5. The van der Waals surface area contributed by atoms with Gasteiger partial charge in [0.05, 0.1) is 6.20 Å². The van der Waals surface area contributed by atoms with E-state index in [9.17, 15) is 9.59 Å². The van der Waals surface area contributed by atoms with E-state index in [0.29, 0.717) is 17.2 Å². The number of hydrogen-bond acceptors (Lipinski definition) is 4. The minimum absolute atomic E-state index is 0.112. The average Bonchev–Trinajstić information content (AvgIpc) is 3.31. The van der Waals surface area contributed by atoms with Crippen molar-refractivity contribution in [3.8, 4) is 0 Å². The Balaban J connectivity index is 1.30. The summed E-state index contributed by atoms with van der Waals surface area (Å²) in [4.78, 5) is 26.1. The van der Waals surface area contributed by atoms with Crippen molar-refractivity contribution in [1.29, 1.82) is 0 Å². The Hall–Kier alpha value is -1.72. The van der Waals surface area contributed by atoms with Gasteiger partial charge in [-0.3, -0.25) is 9.59 Å². The molecule has 0 bridgehead atoms. The van der Waals surface area contributed by atoms with E-state index in [0.717, 1.165) is 30.1 Å².